The first-order valence-corrected chi connectivity index (χ1v) is 6.82. The Labute approximate surface area is 102 Å². The zero-order valence-electron chi connectivity index (χ0n) is 10.6. The van der Waals surface area contributed by atoms with Crippen LogP contribution in [-0.2, 0) is 4.74 Å². The lowest BCUT2D eigenvalue weighted by molar-refractivity contribution is -0.152. The number of rotatable bonds is 6. The van der Waals surface area contributed by atoms with Crippen molar-refractivity contribution in [3.63, 3.8) is 0 Å². The Morgan fingerprint density at radius 2 is 2.06 bits per heavy atom. The van der Waals surface area contributed by atoms with E-state index in [0.29, 0.717) is 6.04 Å². The second-order valence-corrected chi connectivity index (χ2v) is 5.40. The first-order valence-electron chi connectivity index (χ1n) is 6.82. The number of ether oxygens (including phenoxy) is 1. The number of halogens is 2. The molecular formula is C13H23F2NO. The Balaban J connectivity index is 1.87. The van der Waals surface area contributed by atoms with Crippen LogP contribution in [0.1, 0.15) is 45.4 Å². The van der Waals surface area contributed by atoms with Gasteiger partial charge in [0.1, 0.15) is 6.61 Å². The molecule has 1 N–H and O–H groups in total. The summed E-state index contributed by atoms with van der Waals surface area (Å²) in [7, 11) is 0. The van der Waals surface area contributed by atoms with Gasteiger partial charge in [-0.2, -0.15) is 0 Å². The first-order chi connectivity index (χ1) is 8.19. The lowest BCUT2D eigenvalue weighted by atomic mass is 9.60. The van der Waals surface area contributed by atoms with Gasteiger partial charge in [-0.15, -0.1) is 0 Å². The van der Waals surface area contributed by atoms with Gasteiger partial charge < -0.3 is 10.1 Å². The van der Waals surface area contributed by atoms with Gasteiger partial charge in [-0.25, -0.2) is 8.78 Å². The zero-order valence-corrected chi connectivity index (χ0v) is 10.6. The molecule has 2 unspecified atom stereocenters. The van der Waals surface area contributed by atoms with E-state index in [1.807, 2.05) is 0 Å². The lowest BCUT2D eigenvalue weighted by Gasteiger charge is -2.54. The molecule has 0 aliphatic heterocycles. The first kappa shape index (κ1) is 13.2. The minimum absolute atomic E-state index is 0.0633. The van der Waals surface area contributed by atoms with Crippen molar-refractivity contribution in [2.24, 2.45) is 5.41 Å². The minimum atomic E-state index is -2.34. The van der Waals surface area contributed by atoms with Gasteiger partial charge in [0, 0.05) is 11.5 Å². The Morgan fingerprint density at radius 1 is 1.35 bits per heavy atom. The summed E-state index contributed by atoms with van der Waals surface area (Å²) in [4.78, 5) is 0. The zero-order chi connectivity index (χ0) is 12.3. The topological polar surface area (TPSA) is 21.3 Å². The van der Waals surface area contributed by atoms with Gasteiger partial charge in [-0.05, 0) is 32.2 Å². The van der Waals surface area contributed by atoms with Gasteiger partial charge in [0.25, 0.3) is 6.43 Å². The van der Waals surface area contributed by atoms with Crippen molar-refractivity contribution in [2.75, 3.05) is 13.2 Å². The van der Waals surface area contributed by atoms with E-state index in [1.54, 1.807) is 0 Å². The van der Waals surface area contributed by atoms with Gasteiger partial charge in [0.05, 0.1) is 6.10 Å². The predicted octanol–water partition coefficient (Wildman–Crippen LogP) is 2.97. The van der Waals surface area contributed by atoms with Gasteiger partial charge >= 0.3 is 0 Å². The molecule has 0 heterocycles. The average molecular weight is 247 g/mol. The highest BCUT2D eigenvalue weighted by atomic mass is 19.3. The molecule has 0 amide bonds. The fourth-order valence-corrected chi connectivity index (χ4v) is 3.48. The Kier molecular flexibility index (Phi) is 4.36. The van der Waals surface area contributed by atoms with Crippen molar-refractivity contribution in [2.45, 2.75) is 64.0 Å². The fourth-order valence-electron chi connectivity index (χ4n) is 3.48. The number of nitrogens with one attached hydrogen (secondary N) is 1. The van der Waals surface area contributed by atoms with Crippen LogP contribution in [0.4, 0.5) is 8.78 Å². The molecule has 2 saturated carbocycles. The third kappa shape index (κ3) is 2.63. The summed E-state index contributed by atoms with van der Waals surface area (Å²) in [6.45, 7) is 2.78. The molecule has 1 spiro atoms. The summed E-state index contributed by atoms with van der Waals surface area (Å²) in [5.41, 5.74) is 0.171. The normalized spacial score (nSPS) is 31.1. The summed E-state index contributed by atoms with van der Waals surface area (Å²) in [6, 6.07) is 0.493. The maximum absolute atomic E-state index is 12.2. The second kappa shape index (κ2) is 5.61. The highest BCUT2D eigenvalue weighted by Crippen LogP contribution is 2.54. The summed E-state index contributed by atoms with van der Waals surface area (Å²) in [5, 5.41) is 3.55. The highest BCUT2D eigenvalue weighted by molar-refractivity contribution is 5.09. The van der Waals surface area contributed by atoms with E-state index < -0.39 is 13.0 Å². The van der Waals surface area contributed by atoms with Crippen LogP contribution in [0.2, 0.25) is 0 Å². The molecule has 0 saturated heterocycles. The van der Waals surface area contributed by atoms with Crippen molar-refractivity contribution < 1.29 is 13.5 Å². The molecule has 0 radical (unpaired) electrons. The molecule has 2 aliphatic rings. The Bertz CT molecular complexity index is 242. The van der Waals surface area contributed by atoms with Crippen LogP contribution in [-0.4, -0.2) is 31.7 Å². The maximum Gasteiger partial charge on any atom is 0.261 e. The van der Waals surface area contributed by atoms with E-state index >= 15 is 0 Å². The van der Waals surface area contributed by atoms with Gasteiger partial charge in [0.2, 0.25) is 0 Å². The largest absolute Gasteiger partial charge is 0.372 e. The van der Waals surface area contributed by atoms with Crippen LogP contribution < -0.4 is 5.32 Å². The Hall–Kier alpha value is -0.220. The SMILES string of the molecule is CCCNC1CC(OCC(F)F)C12CCCC2. The molecule has 2 nitrogen and oxygen atoms in total. The predicted molar refractivity (Wildman–Crippen MR) is 63.3 cm³/mol. The van der Waals surface area contributed by atoms with E-state index in [2.05, 4.69) is 12.2 Å². The van der Waals surface area contributed by atoms with E-state index in [4.69, 9.17) is 4.74 Å². The molecule has 0 aromatic rings. The van der Waals surface area contributed by atoms with E-state index in [1.165, 1.54) is 12.8 Å². The fraction of sp³-hybridized carbons (Fsp3) is 1.00. The monoisotopic (exact) mass is 247 g/mol. The number of hydrogen-bond donors (Lipinski definition) is 1. The second-order valence-electron chi connectivity index (χ2n) is 5.40. The van der Waals surface area contributed by atoms with E-state index in [9.17, 15) is 8.78 Å². The maximum atomic E-state index is 12.2. The average Bonchev–Trinajstić information content (AvgIpc) is 2.78. The van der Waals surface area contributed by atoms with Crippen LogP contribution in [0.3, 0.4) is 0 Å². The van der Waals surface area contributed by atoms with Crippen LogP contribution in [0, 0.1) is 5.41 Å². The molecule has 2 atom stereocenters. The van der Waals surface area contributed by atoms with Crippen LogP contribution in [0.15, 0.2) is 0 Å². The van der Waals surface area contributed by atoms with Crippen molar-refractivity contribution >= 4 is 0 Å². The summed E-state index contributed by atoms with van der Waals surface area (Å²) in [6.07, 6.45) is 4.48. The quantitative estimate of drug-likeness (QED) is 0.779. The minimum Gasteiger partial charge on any atom is -0.372 e. The van der Waals surface area contributed by atoms with Crippen LogP contribution in [0.5, 0.6) is 0 Å². The molecule has 17 heavy (non-hydrogen) atoms. The molecule has 2 aliphatic carbocycles. The lowest BCUT2D eigenvalue weighted by Crippen LogP contribution is -2.63. The number of hydrogen-bond acceptors (Lipinski definition) is 2. The van der Waals surface area contributed by atoms with Crippen molar-refractivity contribution in [1.82, 2.24) is 5.32 Å². The van der Waals surface area contributed by atoms with Crippen LogP contribution >= 0.6 is 0 Å². The highest BCUT2D eigenvalue weighted by Gasteiger charge is 2.56. The molecule has 2 fully saturated rings. The standard InChI is InChI=1S/C13H23F2NO/c1-2-7-16-10-8-11(17-9-12(14)15)13(10)5-3-4-6-13/h10-12,16H,2-9H2,1H3. The summed E-state index contributed by atoms with van der Waals surface area (Å²) >= 11 is 0. The molecule has 0 aromatic heterocycles. The van der Waals surface area contributed by atoms with Crippen LogP contribution in [0.25, 0.3) is 0 Å². The van der Waals surface area contributed by atoms with E-state index in [0.717, 1.165) is 32.2 Å². The van der Waals surface area contributed by atoms with Gasteiger partial charge in [0.15, 0.2) is 0 Å². The summed E-state index contributed by atoms with van der Waals surface area (Å²) < 4.78 is 29.8. The molecule has 100 valence electrons. The van der Waals surface area contributed by atoms with Crippen molar-refractivity contribution in [3.05, 3.63) is 0 Å². The molecule has 0 bridgehead atoms. The van der Waals surface area contributed by atoms with E-state index in [-0.39, 0.29) is 11.5 Å². The van der Waals surface area contributed by atoms with Gasteiger partial charge in [-0.1, -0.05) is 19.8 Å². The molecule has 0 aromatic carbocycles. The smallest absolute Gasteiger partial charge is 0.261 e. The molecule has 4 heteroatoms. The van der Waals surface area contributed by atoms with Crippen molar-refractivity contribution in [3.8, 4) is 0 Å². The third-order valence-electron chi connectivity index (χ3n) is 4.38. The van der Waals surface area contributed by atoms with Gasteiger partial charge in [-0.3, -0.25) is 0 Å². The third-order valence-corrected chi connectivity index (χ3v) is 4.38. The summed E-state index contributed by atoms with van der Waals surface area (Å²) in [5.74, 6) is 0. The Morgan fingerprint density at radius 3 is 2.65 bits per heavy atom. The van der Waals surface area contributed by atoms with Crippen molar-refractivity contribution in [1.29, 1.82) is 0 Å². The molecule has 2 rings (SSSR count). The number of alkyl halides is 2. The molecular weight excluding hydrogens is 224 g/mol.